The number of amides is 2. The Kier molecular flexibility index (Phi) is 4.46. The van der Waals surface area contributed by atoms with Crippen LogP contribution in [0.25, 0.3) is 0 Å². The van der Waals surface area contributed by atoms with Crippen molar-refractivity contribution >= 4 is 17.5 Å². The van der Waals surface area contributed by atoms with Gasteiger partial charge in [-0.1, -0.05) is 0 Å². The van der Waals surface area contributed by atoms with Crippen LogP contribution in [0.1, 0.15) is 12.8 Å². The normalized spacial score (nSPS) is 14.1. The number of rotatable bonds is 6. The van der Waals surface area contributed by atoms with Crippen LogP contribution in [0.4, 0.5) is 5.69 Å². The van der Waals surface area contributed by atoms with Crippen molar-refractivity contribution in [2.75, 3.05) is 31.1 Å². The van der Waals surface area contributed by atoms with Crippen LogP contribution in [0.3, 0.4) is 0 Å². The Morgan fingerprint density at radius 2 is 2.16 bits per heavy atom. The van der Waals surface area contributed by atoms with Crippen LogP contribution in [0, 0.1) is 0 Å². The van der Waals surface area contributed by atoms with Crippen molar-refractivity contribution in [3.05, 3.63) is 24.5 Å². The van der Waals surface area contributed by atoms with Gasteiger partial charge in [0.25, 0.3) is 0 Å². The van der Waals surface area contributed by atoms with Crippen molar-refractivity contribution in [3.8, 4) is 0 Å². The van der Waals surface area contributed by atoms with Crippen LogP contribution in [-0.4, -0.2) is 47.9 Å². The van der Waals surface area contributed by atoms with Gasteiger partial charge in [-0.25, -0.2) is 0 Å². The molecule has 0 unspecified atom stereocenters. The molecule has 2 heterocycles. The molecule has 0 spiro atoms. The summed E-state index contributed by atoms with van der Waals surface area (Å²) in [5.74, 6) is -1.62. The number of pyridine rings is 1. The number of anilines is 1. The van der Waals surface area contributed by atoms with E-state index >= 15 is 0 Å². The molecule has 2 rings (SSSR count). The highest BCUT2D eigenvalue weighted by Gasteiger charge is 2.21. The van der Waals surface area contributed by atoms with E-state index < -0.39 is 11.8 Å². The number of unbranched alkanes of at least 4 members (excludes halogenated alkanes) is 1. The van der Waals surface area contributed by atoms with Crippen molar-refractivity contribution in [1.82, 2.24) is 9.88 Å². The Hall–Kier alpha value is -1.95. The molecule has 1 aliphatic rings. The quantitative estimate of drug-likeness (QED) is 0.444. The Morgan fingerprint density at radius 1 is 1.37 bits per heavy atom. The summed E-state index contributed by atoms with van der Waals surface area (Å²) >= 11 is 0. The molecule has 0 radical (unpaired) electrons. The zero-order valence-electron chi connectivity index (χ0n) is 10.8. The van der Waals surface area contributed by atoms with Crippen LogP contribution in [0.5, 0.6) is 0 Å². The molecule has 2 N–H and O–H groups in total. The molecule has 0 atom stereocenters. The standard InChI is InChI=1S/C13H18N4O2/c14-12(18)13(19)17(11-4-3-5-15-10-11)7-2-1-6-16-8-9-16/h3-5,10H,1-2,6-9H2,(H2,14,18). The van der Waals surface area contributed by atoms with Crippen molar-refractivity contribution in [1.29, 1.82) is 0 Å². The molecule has 0 saturated carbocycles. The summed E-state index contributed by atoms with van der Waals surface area (Å²) in [6, 6.07) is 3.48. The molecular formula is C13H18N4O2. The summed E-state index contributed by atoms with van der Waals surface area (Å²) < 4.78 is 0. The van der Waals surface area contributed by atoms with Gasteiger partial charge in [-0.2, -0.15) is 0 Å². The molecule has 1 aromatic rings. The number of hydrogen-bond acceptors (Lipinski definition) is 4. The smallest absolute Gasteiger partial charge is 0.316 e. The lowest BCUT2D eigenvalue weighted by molar-refractivity contribution is -0.135. The zero-order valence-corrected chi connectivity index (χ0v) is 10.8. The molecular weight excluding hydrogens is 244 g/mol. The largest absolute Gasteiger partial charge is 0.361 e. The fourth-order valence-corrected chi connectivity index (χ4v) is 1.89. The fourth-order valence-electron chi connectivity index (χ4n) is 1.89. The van der Waals surface area contributed by atoms with Crippen molar-refractivity contribution in [3.63, 3.8) is 0 Å². The summed E-state index contributed by atoms with van der Waals surface area (Å²) in [5.41, 5.74) is 5.69. The highest BCUT2D eigenvalue weighted by atomic mass is 16.2. The molecule has 102 valence electrons. The first kappa shape index (κ1) is 13.5. The van der Waals surface area contributed by atoms with Gasteiger partial charge in [0.05, 0.1) is 11.9 Å². The first-order chi connectivity index (χ1) is 9.18. The molecule has 1 saturated heterocycles. The predicted octanol–water partition coefficient (Wildman–Crippen LogP) is -0.00430. The number of hydrogen-bond donors (Lipinski definition) is 1. The third kappa shape index (κ3) is 4.03. The minimum Gasteiger partial charge on any atom is -0.361 e. The summed E-state index contributed by atoms with van der Waals surface area (Å²) in [4.78, 5) is 30.5. The summed E-state index contributed by atoms with van der Waals surface area (Å²) in [6.45, 7) is 3.88. The van der Waals surface area contributed by atoms with E-state index in [0.29, 0.717) is 12.2 Å². The lowest BCUT2D eigenvalue weighted by Gasteiger charge is -2.20. The van der Waals surface area contributed by atoms with Gasteiger partial charge in [0.15, 0.2) is 0 Å². The SMILES string of the molecule is NC(=O)C(=O)N(CCCCN1CC1)c1cccnc1. The summed E-state index contributed by atoms with van der Waals surface area (Å²) in [6.07, 6.45) is 5.02. The third-order valence-corrected chi connectivity index (χ3v) is 3.06. The molecule has 6 heteroatoms. The van der Waals surface area contributed by atoms with E-state index in [1.807, 2.05) is 0 Å². The van der Waals surface area contributed by atoms with Gasteiger partial charge >= 0.3 is 11.8 Å². The van der Waals surface area contributed by atoms with Crippen LogP contribution in [0.2, 0.25) is 0 Å². The second-order valence-corrected chi connectivity index (χ2v) is 4.58. The lowest BCUT2D eigenvalue weighted by atomic mass is 10.2. The van der Waals surface area contributed by atoms with Crippen LogP contribution >= 0.6 is 0 Å². The average molecular weight is 262 g/mol. The number of nitrogens with zero attached hydrogens (tertiary/aromatic N) is 3. The third-order valence-electron chi connectivity index (χ3n) is 3.06. The number of aromatic nitrogens is 1. The molecule has 0 aliphatic carbocycles. The number of primary amides is 1. The van der Waals surface area contributed by atoms with Gasteiger partial charge in [-0.3, -0.25) is 14.6 Å². The monoisotopic (exact) mass is 262 g/mol. The fraction of sp³-hybridized carbons (Fsp3) is 0.462. The minimum atomic E-state index is -0.935. The van der Waals surface area contributed by atoms with E-state index in [2.05, 4.69) is 9.88 Å². The first-order valence-corrected chi connectivity index (χ1v) is 6.42. The van der Waals surface area contributed by atoms with E-state index in [0.717, 1.165) is 19.4 Å². The van der Waals surface area contributed by atoms with Gasteiger partial charge in [-0.15, -0.1) is 0 Å². The topological polar surface area (TPSA) is 79.3 Å². The highest BCUT2D eigenvalue weighted by Crippen LogP contribution is 2.14. The number of carbonyl (C=O) groups excluding carboxylic acids is 2. The van der Waals surface area contributed by atoms with E-state index in [1.54, 1.807) is 24.5 Å². The van der Waals surface area contributed by atoms with Crippen molar-refractivity contribution < 1.29 is 9.59 Å². The maximum Gasteiger partial charge on any atom is 0.316 e. The second-order valence-electron chi connectivity index (χ2n) is 4.58. The Labute approximate surface area is 112 Å². The molecule has 1 fully saturated rings. The van der Waals surface area contributed by atoms with Crippen LogP contribution in [-0.2, 0) is 9.59 Å². The first-order valence-electron chi connectivity index (χ1n) is 6.42. The Morgan fingerprint density at radius 3 is 2.74 bits per heavy atom. The van der Waals surface area contributed by atoms with E-state index in [4.69, 9.17) is 5.73 Å². The van der Waals surface area contributed by atoms with Crippen molar-refractivity contribution in [2.45, 2.75) is 12.8 Å². The molecule has 6 nitrogen and oxygen atoms in total. The second kappa shape index (κ2) is 6.29. The minimum absolute atomic E-state index is 0.487. The average Bonchev–Trinajstić information content (AvgIpc) is 3.23. The van der Waals surface area contributed by atoms with Gasteiger partial charge in [0.2, 0.25) is 0 Å². The Balaban J connectivity index is 1.93. The molecule has 1 aliphatic heterocycles. The van der Waals surface area contributed by atoms with Gasteiger partial charge in [0.1, 0.15) is 0 Å². The summed E-state index contributed by atoms with van der Waals surface area (Å²) in [7, 11) is 0. The predicted molar refractivity (Wildman–Crippen MR) is 71.5 cm³/mol. The highest BCUT2D eigenvalue weighted by molar-refractivity contribution is 6.39. The Bertz CT molecular complexity index is 445. The molecule has 19 heavy (non-hydrogen) atoms. The van der Waals surface area contributed by atoms with E-state index in [9.17, 15) is 9.59 Å². The molecule has 0 aromatic carbocycles. The zero-order chi connectivity index (χ0) is 13.7. The summed E-state index contributed by atoms with van der Waals surface area (Å²) in [5, 5.41) is 0. The molecule has 1 aromatic heterocycles. The van der Waals surface area contributed by atoms with Crippen LogP contribution in [0.15, 0.2) is 24.5 Å². The van der Waals surface area contributed by atoms with Gasteiger partial charge < -0.3 is 15.5 Å². The molecule has 0 bridgehead atoms. The van der Waals surface area contributed by atoms with Crippen molar-refractivity contribution in [2.24, 2.45) is 5.73 Å². The van der Waals surface area contributed by atoms with Gasteiger partial charge in [0, 0.05) is 25.8 Å². The lowest BCUT2D eigenvalue weighted by Crippen LogP contribution is -2.41. The van der Waals surface area contributed by atoms with E-state index in [1.165, 1.54) is 18.0 Å². The van der Waals surface area contributed by atoms with Crippen LogP contribution < -0.4 is 10.6 Å². The van der Waals surface area contributed by atoms with E-state index in [-0.39, 0.29) is 0 Å². The maximum absolute atomic E-state index is 11.8. The van der Waals surface area contributed by atoms with Gasteiger partial charge in [-0.05, 0) is 31.5 Å². The number of nitrogens with two attached hydrogens (primary N) is 1. The molecule has 2 amide bonds. The number of carbonyl (C=O) groups is 2. The maximum atomic E-state index is 11.8.